The molecule has 2 N–H and O–H groups in total. The van der Waals surface area contributed by atoms with Gasteiger partial charge in [0.2, 0.25) is 12.7 Å². The summed E-state index contributed by atoms with van der Waals surface area (Å²) in [6.07, 6.45) is 0. The predicted octanol–water partition coefficient (Wildman–Crippen LogP) is 4.67. The highest BCUT2D eigenvalue weighted by molar-refractivity contribution is 6.01. The Morgan fingerprint density at radius 1 is 0.971 bits per heavy atom. The summed E-state index contributed by atoms with van der Waals surface area (Å²) in [5.74, 6) is -1.98. The van der Waals surface area contributed by atoms with Gasteiger partial charge in [0.25, 0.3) is 5.91 Å². The van der Waals surface area contributed by atoms with Gasteiger partial charge in [-0.25, -0.2) is 8.78 Å². The van der Waals surface area contributed by atoms with Crippen molar-refractivity contribution in [3.05, 3.63) is 83.4 Å². The summed E-state index contributed by atoms with van der Waals surface area (Å²) in [6.45, 7) is 3.85. The highest BCUT2D eigenvalue weighted by Crippen LogP contribution is 2.35. The van der Waals surface area contributed by atoms with Gasteiger partial charge in [-0.2, -0.15) is 0 Å². The molecule has 0 aromatic heterocycles. The van der Waals surface area contributed by atoms with Gasteiger partial charge in [0.05, 0.1) is 0 Å². The molecule has 0 fully saturated rings. The van der Waals surface area contributed by atoms with Gasteiger partial charge < -0.3 is 24.8 Å². The molecule has 1 heterocycles. The van der Waals surface area contributed by atoms with Crippen LogP contribution in [0.5, 0.6) is 17.2 Å². The summed E-state index contributed by atoms with van der Waals surface area (Å²) in [5, 5.41) is 5.19. The van der Waals surface area contributed by atoms with Crippen molar-refractivity contribution in [2.24, 2.45) is 5.92 Å². The van der Waals surface area contributed by atoms with Crippen LogP contribution in [0.1, 0.15) is 29.8 Å². The van der Waals surface area contributed by atoms with Crippen molar-refractivity contribution < 1.29 is 32.6 Å². The Morgan fingerprint density at radius 3 is 2.43 bits per heavy atom. The molecule has 7 nitrogen and oxygen atoms in total. The quantitative estimate of drug-likeness (QED) is 0.488. The first-order valence-electron chi connectivity index (χ1n) is 11.0. The molecule has 0 radical (unpaired) electrons. The number of hydrogen-bond acceptors (Lipinski definition) is 5. The number of amides is 2. The van der Waals surface area contributed by atoms with Crippen LogP contribution < -0.4 is 24.8 Å². The van der Waals surface area contributed by atoms with E-state index < -0.39 is 35.1 Å². The summed E-state index contributed by atoms with van der Waals surface area (Å²) in [6, 6.07) is 14.4. The third kappa shape index (κ3) is 5.68. The molecule has 0 unspecified atom stereocenters. The lowest BCUT2D eigenvalue weighted by molar-refractivity contribution is -0.118. The number of hydrogen-bond donors (Lipinski definition) is 2. The number of benzene rings is 3. The summed E-state index contributed by atoms with van der Waals surface area (Å²) in [4.78, 5) is 25.4. The monoisotopic (exact) mass is 482 g/mol. The molecule has 0 saturated heterocycles. The minimum Gasteiger partial charge on any atom is -0.489 e. The van der Waals surface area contributed by atoms with E-state index in [-0.39, 0.29) is 19.3 Å². The molecule has 1 aliphatic heterocycles. The average molecular weight is 482 g/mol. The predicted molar refractivity (Wildman–Crippen MR) is 124 cm³/mol. The molecule has 3 aromatic carbocycles. The molecule has 2 amide bonds. The fourth-order valence-electron chi connectivity index (χ4n) is 3.56. The summed E-state index contributed by atoms with van der Waals surface area (Å²) >= 11 is 0. The van der Waals surface area contributed by atoms with Crippen molar-refractivity contribution in [3.63, 3.8) is 0 Å². The van der Waals surface area contributed by atoms with E-state index in [1.54, 1.807) is 50.2 Å². The van der Waals surface area contributed by atoms with E-state index in [2.05, 4.69) is 10.6 Å². The number of carbonyl (C=O) groups excluding carboxylic acids is 2. The third-order valence-corrected chi connectivity index (χ3v) is 5.37. The maximum Gasteiger partial charge on any atom is 0.257 e. The number of fused-ring (bicyclic) bond motifs is 1. The second kappa shape index (κ2) is 10.4. The van der Waals surface area contributed by atoms with Crippen molar-refractivity contribution in [2.45, 2.75) is 26.5 Å². The summed E-state index contributed by atoms with van der Waals surface area (Å²) < 4.78 is 44.4. The van der Waals surface area contributed by atoms with E-state index in [4.69, 9.17) is 14.2 Å². The standard InChI is InChI=1S/C26H24F2N2O5/c1-15(2)24(30-25(31)23-19(27)7-4-8-20(23)28)26(32)29-17-6-3-5-16(11-17)13-33-18-9-10-21-22(12-18)35-14-34-21/h3-12,15,24H,13-14H2,1-2H3,(H,29,32)(H,30,31)/t24-/m0/s1. The van der Waals surface area contributed by atoms with Crippen LogP contribution in [-0.4, -0.2) is 24.6 Å². The zero-order valence-electron chi connectivity index (χ0n) is 19.1. The van der Waals surface area contributed by atoms with E-state index >= 15 is 0 Å². The molecular formula is C26H24F2N2O5. The molecule has 0 bridgehead atoms. The first-order chi connectivity index (χ1) is 16.8. The number of rotatable bonds is 8. The van der Waals surface area contributed by atoms with Gasteiger partial charge in [0, 0.05) is 11.8 Å². The number of nitrogens with one attached hydrogen (secondary N) is 2. The van der Waals surface area contributed by atoms with Crippen LogP contribution in [-0.2, 0) is 11.4 Å². The molecule has 35 heavy (non-hydrogen) atoms. The highest BCUT2D eigenvalue weighted by atomic mass is 19.1. The maximum absolute atomic E-state index is 14.0. The maximum atomic E-state index is 14.0. The molecule has 0 aliphatic carbocycles. The van der Waals surface area contributed by atoms with Crippen LogP contribution in [0.15, 0.2) is 60.7 Å². The Balaban J connectivity index is 1.40. The van der Waals surface area contributed by atoms with Crippen LogP contribution in [0.25, 0.3) is 0 Å². The lowest BCUT2D eigenvalue weighted by Crippen LogP contribution is -2.47. The van der Waals surface area contributed by atoms with Crippen LogP contribution in [0.2, 0.25) is 0 Å². The molecule has 4 rings (SSSR count). The lowest BCUT2D eigenvalue weighted by atomic mass is 10.0. The van der Waals surface area contributed by atoms with E-state index in [0.29, 0.717) is 22.9 Å². The molecule has 0 spiro atoms. The molecule has 1 aliphatic rings. The van der Waals surface area contributed by atoms with Gasteiger partial charge in [-0.05, 0) is 47.9 Å². The van der Waals surface area contributed by atoms with Crippen molar-refractivity contribution in [2.75, 3.05) is 12.1 Å². The molecule has 1 atom stereocenters. The number of carbonyl (C=O) groups is 2. The van der Waals surface area contributed by atoms with E-state index in [1.165, 1.54) is 0 Å². The summed E-state index contributed by atoms with van der Waals surface area (Å²) in [7, 11) is 0. The van der Waals surface area contributed by atoms with Crippen LogP contribution >= 0.6 is 0 Å². The number of anilines is 1. The Kier molecular flexibility index (Phi) is 7.14. The first kappa shape index (κ1) is 24.0. The van der Waals surface area contributed by atoms with E-state index in [0.717, 1.165) is 23.8 Å². The van der Waals surface area contributed by atoms with Gasteiger partial charge >= 0.3 is 0 Å². The van der Waals surface area contributed by atoms with E-state index in [9.17, 15) is 18.4 Å². The minimum atomic E-state index is -1.02. The second-order valence-corrected chi connectivity index (χ2v) is 8.29. The zero-order valence-corrected chi connectivity index (χ0v) is 19.1. The van der Waals surface area contributed by atoms with E-state index in [1.807, 2.05) is 6.07 Å². The van der Waals surface area contributed by atoms with Crippen LogP contribution in [0.4, 0.5) is 14.5 Å². The molecular weight excluding hydrogens is 458 g/mol. The normalized spacial score (nSPS) is 12.8. The van der Waals surface area contributed by atoms with Gasteiger partial charge in [-0.15, -0.1) is 0 Å². The number of ether oxygens (including phenoxy) is 3. The topological polar surface area (TPSA) is 85.9 Å². The fraction of sp³-hybridized carbons (Fsp3) is 0.231. The average Bonchev–Trinajstić information content (AvgIpc) is 3.29. The lowest BCUT2D eigenvalue weighted by Gasteiger charge is -2.22. The molecule has 3 aromatic rings. The third-order valence-electron chi connectivity index (χ3n) is 5.37. The highest BCUT2D eigenvalue weighted by Gasteiger charge is 2.27. The van der Waals surface area contributed by atoms with Crippen LogP contribution in [0.3, 0.4) is 0 Å². The fourth-order valence-corrected chi connectivity index (χ4v) is 3.56. The van der Waals surface area contributed by atoms with Crippen LogP contribution in [0, 0.1) is 17.6 Å². The SMILES string of the molecule is CC(C)[C@H](NC(=O)c1c(F)cccc1F)C(=O)Nc1cccc(COc2ccc3c(c2)OCO3)c1. The molecule has 182 valence electrons. The first-order valence-corrected chi connectivity index (χ1v) is 11.0. The summed E-state index contributed by atoms with van der Waals surface area (Å²) in [5.41, 5.74) is 0.548. The Hall–Kier alpha value is -4.14. The minimum absolute atomic E-state index is 0.174. The van der Waals surface area contributed by atoms with Gasteiger partial charge in [0.15, 0.2) is 11.5 Å². The number of halogens is 2. The smallest absolute Gasteiger partial charge is 0.257 e. The Labute approximate surface area is 201 Å². The second-order valence-electron chi connectivity index (χ2n) is 8.29. The van der Waals surface area contributed by atoms with Crippen molar-refractivity contribution in [1.82, 2.24) is 5.32 Å². The van der Waals surface area contributed by atoms with Crippen molar-refractivity contribution >= 4 is 17.5 Å². The van der Waals surface area contributed by atoms with Crippen molar-refractivity contribution in [3.8, 4) is 17.2 Å². The zero-order chi connectivity index (χ0) is 24.9. The Bertz CT molecular complexity index is 1230. The van der Waals surface area contributed by atoms with Gasteiger partial charge in [-0.3, -0.25) is 9.59 Å². The Morgan fingerprint density at radius 2 is 1.69 bits per heavy atom. The largest absolute Gasteiger partial charge is 0.489 e. The van der Waals surface area contributed by atoms with Crippen molar-refractivity contribution in [1.29, 1.82) is 0 Å². The van der Waals surface area contributed by atoms with Gasteiger partial charge in [-0.1, -0.05) is 32.0 Å². The molecule has 0 saturated carbocycles. The van der Waals surface area contributed by atoms with Gasteiger partial charge in [0.1, 0.15) is 35.6 Å². The molecule has 9 heteroatoms.